The Morgan fingerprint density at radius 1 is 1.40 bits per heavy atom. The zero-order valence-electron chi connectivity index (χ0n) is 13.6. The number of carbonyl (C=O) groups is 1. The summed E-state index contributed by atoms with van der Waals surface area (Å²) in [7, 11) is -0.823. The molecule has 7 nitrogen and oxygen atoms in total. The Bertz CT molecular complexity index is 951. The molecule has 1 amide bonds. The minimum Gasteiger partial charge on any atom is -0.370 e. The Balaban J connectivity index is 1.73. The molecule has 0 radical (unpaired) electrons. The smallest absolute Gasteiger partial charge is 0.219 e. The van der Waals surface area contributed by atoms with Crippen LogP contribution in [-0.2, 0) is 21.1 Å². The van der Waals surface area contributed by atoms with Gasteiger partial charge in [0.1, 0.15) is 5.65 Å². The van der Waals surface area contributed by atoms with Crippen molar-refractivity contribution in [3.63, 3.8) is 0 Å². The molecule has 0 aromatic carbocycles. The van der Waals surface area contributed by atoms with E-state index in [2.05, 4.69) is 15.1 Å². The van der Waals surface area contributed by atoms with E-state index >= 15 is 0 Å². The summed E-state index contributed by atoms with van der Waals surface area (Å²) < 4.78 is 13.6. The number of amides is 1. The van der Waals surface area contributed by atoms with Crippen molar-refractivity contribution >= 4 is 27.7 Å². The predicted octanol–water partition coefficient (Wildman–Crippen LogP) is 1.54. The number of hydrogen-bond donors (Lipinski definition) is 2. The van der Waals surface area contributed by atoms with Gasteiger partial charge in [0.2, 0.25) is 5.91 Å². The van der Waals surface area contributed by atoms with E-state index in [4.69, 9.17) is 5.73 Å². The number of carbonyl (C=O) groups excluding carboxylic acids is 1. The molecule has 1 fully saturated rings. The van der Waals surface area contributed by atoms with Crippen molar-refractivity contribution < 1.29 is 9.00 Å². The highest BCUT2D eigenvalue weighted by Gasteiger charge is 2.38. The predicted molar refractivity (Wildman–Crippen MR) is 96.2 cm³/mol. The van der Waals surface area contributed by atoms with Gasteiger partial charge in [-0.3, -0.25) is 13.7 Å². The van der Waals surface area contributed by atoms with Gasteiger partial charge in [-0.25, -0.2) is 4.98 Å². The average molecular weight is 357 g/mol. The van der Waals surface area contributed by atoms with E-state index in [0.717, 1.165) is 22.2 Å². The zero-order chi connectivity index (χ0) is 17.4. The van der Waals surface area contributed by atoms with E-state index in [1.54, 1.807) is 12.4 Å². The molecule has 0 atom stereocenters. The van der Waals surface area contributed by atoms with Crippen LogP contribution in [0.15, 0.2) is 36.9 Å². The first-order chi connectivity index (χ1) is 12.1. The monoisotopic (exact) mass is 357 g/mol. The number of rotatable bonds is 4. The summed E-state index contributed by atoms with van der Waals surface area (Å²) in [4.78, 5) is 19.1. The summed E-state index contributed by atoms with van der Waals surface area (Å²) in [6.07, 6.45) is 8.89. The maximum absolute atomic E-state index is 11.8. The van der Waals surface area contributed by atoms with E-state index in [0.29, 0.717) is 24.3 Å². The fourth-order valence-corrected chi connectivity index (χ4v) is 4.98. The highest BCUT2D eigenvalue weighted by atomic mass is 32.2. The lowest BCUT2D eigenvalue weighted by molar-refractivity contribution is -0.120. The van der Waals surface area contributed by atoms with E-state index in [-0.39, 0.29) is 12.3 Å². The molecular weight excluding hydrogens is 338 g/mol. The van der Waals surface area contributed by atoms with Crippen LogP contribution in [0.5, 0.6) is 0 Å². The zero-order valence-corrected chi connectivity index (χ0v) is 14.5. The molecule has 0 spiro atoms. The maximum Gasteiger partial charge on any atom is 0.219 e. The van der Waals surface area contributed by atoms with Crippen LogP contribution < -0.4 is 5.73 Å². The fraction of sp³-hybridized carbons (Fsp3) is 0.353. The second-order valence-electron chi connectivity index (χ2n) is 6.49. The van der Waals surface area contributed by atoms with Gasteiger partial charge in [0, 0.05) is 57.4 Å². The summed E-state index contributed by atoms with van der Waals surface area (Å²) in [5, 5.41) is 5.55. The molecule has 3 aromatic rings. The minimum absolute atomic E-state index is 0.209. The van der Waals surface area contributed by atoms with Crippen molar-refractivity contribution in [2.45, 2.75) is 24.8 Å². The van der Waals surface area contributed by atoms with Gasteiger partial charge < -0.3 is 10.7 Å². The Morgan fingerprint density at radius 3 is 2.96 bits per heavy atom. The number of H-pyrrole nitrogens is 1. The number of pyridine rings is 1. The molecular formula is C17H19N5O2S. The van der Waals surface area contributed by atoms with Crippen molar-refractivity contribution in [2.24, 2.45) is 5.73 Å². The van der Waals surface area contributed by atoms with Crippen molar-refractivity contribution in [1.82, 2.24) is 19.7 Å². The van der Waals surface area contributed by atoms with Gasteiger partial charge in [0.25, 0.3) is 0 Å². The molecule has 1 aliphatic heterocycles. The number of aromatic nitrogens is 4. The Morgan fingerprint density at radius 2 is 2.20 bits per heavy atom. The molecule has 0 bridgehead atoms. The molecule has 130 valence electrons. The van der Waals surface area contributed by atoms with E-state index in [1.165, 1.54) is 0 Å². The lowest BCUT2D eigenvalue weighted by atomic mass is 9.88. The van der Waals surface area contributed by atoms with Crippen LogP contribution in [0.3, 0.4) is 0 Å². The average Bonchev–Trinajstić information content (AvgIpc) is 3.23. The molecule has 4 rings (SSSR count). The first kappa shape index (κ1) is 16.0. The number of nitrogens with two attached hydrogens (primary N) is 1. The molecule has 3 N–H and O–H groups in total. The highest BCUT2D eigenvalue weighted by Crippen LogP contribution is 2.35. The van der Waals surface area contributed by atoms with Gasteiger partial charge in [0.15, 0.2) is 0 Å². The highest BCUT2D eigenvalue weighted by molar-refractivity contribution is 7.85. The SMILES string of the molecule is NC(=O)CC1(n2cc(-c3c[nH]c4ncccc34)cn2)CCS(=O)CC1. The lowest BCUT2D eigenvalue weighted by Crippen LogP contribution is -2.43. The Kier molecular flexibility index (Phi) is 3.91. The van der Waals surface area contributed by atoms with Crippen molar-refractivity contribution in [1.29, 1.82) is 0 Å². The van der Waals surface area contributed by atoms with Crippen LogP contribution >= 0.6 is 0 Å². The molecule has 8 heteroatoms. The molecule has 4 heterocycles. The third-order valence-corrected chi connectivity index (χ3v) is 6.24. The molecule has 1 saturated heterocycles. The van der Waals surface area contributed by atoms with Gasteiger partial charge in [-0.2, -0.15) is 5.10 Å². The first-order valence-corrected chi connectivity index (χ1v) is 9.67. The fourth-order valence-electron chi connectivity index (χ4n) is 3.56. The van der Waals surface area contributed by atoms with Gasteiger partial charge in [-0.05, 0) is 25.0 Å². The lowest BCUT2D eigenvalue weighted by Gasteiger charge is -2.36. The number of nitrogens with zero attached hydrogens (tertiary/aromatic N) is 3. The van der Waals surface area contributed by atoms with Gasteiger partial charge >= 0.3 is 0 Å². The standard InChI is InChI=1S/C17H19N5O2S/c18-15(23)8-17(3-6-25(24)7-4-17)22-11-12(9-21-22)14-10-20-16-13(14)2-1-5-19-16/h1-2,5,9-11H,3-4,6-8H2,(H2,18,23)(H,19,20). The van der Waals surface area contributed by atoms with Crippen LogP contribution in [0.1, 0.15) is 19.3 Å². The van der Waals surface area contributed by atoms with Gasteiger partial charge in [-0.15, -0.1) is 0 Å². The molecule has 1 aliphatic rings. The van der Waals surface area contributed by atoms with Crippen LogP contribution in [0.4, 0.5) is 0 Å². The number of nitrogens with one attached hydrogen (secondary N) is 1. The second-order valence-corrected chi connectivity index (χ2v) is 8.19. The maximum atomic E-state index is 11.8. The normalized spacial score (nSPS) is 23.8. The number of primary amides is 1. The quantitative estimate of drug-likeness (QED) is 0.738. The van der Waals surface area contributed by atoms with Crippen LogP contribution in [-0.4, -0.2) is 41.4 Å². The van der Waals surface area contributed by atoms with Gasteiger partial charge in [0.05, 0.1) is 18.2 Å². The summed E-state index contributed by atoms with van der Waals surface area (Å²) in [5.74, 6) is 0.778. The molecule has 0 unspecified atom stereocenters. The molecule has 0 aliphatic carbocycles. The second kappa shape index (κ2) is 6.11. The third kappa shape index (κ3) is 2.86. The van der Waals surface area contributed by atoms with Gasteiger partial charge in [-0.1, -0.05) is 0 Å². The summed E-state index contributed by atoms with van der Waals surface area (Å²) in [6, 6.07) is 3.91. The molecule has 0 saturated carbocycles. The van der Waals surface area contributed by atoms with Crippen molar-refractivity contribution in [3.8, 4) is 11.1 Å². The Labute approximate surface area is 147 Å². The molecule has 25 heavy (non-hydrogen) atoms. The van der Waals surface area contributed by atoms with E-state index in [1.807, 2.05) is 29.2 Å². The minimum atomic E-state index is -0.823. The van der Waals surface area contributed by atoms with Crippen molar-refractivity contribution in [3.05, 3.63) is 36.9 Å². The van der Waals surface area contributed by atoms with E-state index < -0.39 is 16.3 Å². The first-order valence-electron chi connectivity index (χ1n) is 8.18. The van der Waals surface area contributed by atoms with E-state index in [9.17, 15) is 9.00 Å². The number of fused-ring (bicyclic) bond motifs is 1. The van der Waals surface area contributed by atoms with Crippen LogP contribution in [0, 0.1) is 0 Å². The molecule has 3 aromatic heterocycles. The van der Waals surface area contributed by atoms with Crippen molar-refractivity contribution in [2.75, 3.05) is 11.5 Å². The summed E-state index contributed by atoms with van der Waals surface area (Å²) in [5.41, 5.74) is 7.80. The van der Waals surface area contributed by atoms with Crippen LogP contribution in [0.2, 0.25) is 0 Å². The van der Waals surface area contributed by atoms with Crippen LogP contribution in [0.25, 0.3) is 22.2 Å². The number of hydrogen-bond acceptors (Lipinski definition) is 4. The summed E-state index contributed by atoms with van der Waals surface area (Å²) in [6.45, 7) is 0. The largest absolute Gasteiger partial charge is 0.370 e. The third-order valence-electron chi connectivity index (χ3n) is 4.92. The number of aromatic amines is 1. The topological polar surface area (TPSA) is 107 Å². The summed E-state index contributed by atoms with van der Waals surface area (Å²) >= 11 is 0. The Hall–Kier alpha value is -2.48.